The Morgan fingerprint density at radius 2 is 2.03 bits per heavy atom. The molecule has 0 saturated carbocycles. The van der Waals surface area contributed by atoms with Crippen LogP contribution in [-0.2, 0) is 4.79 Å². The van der Waals surface area contributed by atoms with E-state index >= 15 is 0 Å². The lowest BCUT2D eigenvalue weighted by molar-refractivity contribution is -0.114. The average Bonchev–Trinajstić information content (AvgIpc) is 3.02. The minimum atomic E-state index is -0.924. The number of H-pyrrole nitrogens is 2. The van der Waals surface area contributed by atoms with Gasteiger partial charge >= 0.3 is 11.4 Å². The lowest BCUT2D eigenvalue weighted by Gasteiger charge is -2.07. The fourth-order valence-corrected chi connectivity index (χ4v) is 2.18. The molecule has 0 aliphatic carbocycles. The Morgan fingerprint density at radius 1 is 1.28 bits per heavy atom. The van der Waals surface area contributed by atoms with Crippen LogP contribution in [0.4, 0.5) is 28.8 Å². The van der Waals surface area contributed by atoms with Crippen LogP contribution >= 0.6 is 0 Å². The summed E-state index contributed by atoms with van der Waals surface area (Å²) >= 11 is 0. The number of rotatable bonds is 4. The Bertz CT molecular complexity index is 1240. The van der Waals surface area contributed by atoms with E-state index in [1.807, 2.05) is 11.1 Å². The molecule has 0 aliphatic heterocycles. The zero-order valence-electron chi connectivity index (χ0n) is 14.7. The summed E-state index contributed by atoms with van der Waals surface area (Å²) in [5, 5.41) is 23.3. The van der Waals surface area contributed by atoms with Crippen molar-refractivity contribution in [3.63, 3.8) is 0 Å². The van der Waals surface area contributed by atoms with Gasteiger partial charge < -0.3 is 16.8 Å². The molecule has 0 aliphatic rings. The highest BCUT2D eigenvalue weighted by Gasteiger charge is 2.16. The Hall–Kier alpha value is -4.87. The standard InChI is InChI=1S/C14H12N12O3/c1-5(27)19-8-2-7(16)9(10(17)20-8)24-25-11-6(3-15)4-18-26(11)12-21-13(28)23-14(29)22-12/h2,4H,1H3,(H5,16,17,19,20,27)(H2,21,22,23,28,29). The number of nitrogen functional groups attached to an aromatic ring is 2. The van der Waals surface area contributed by atoms with Crippen LogP contribution in [0.3, 0.4) is 0 Å². The fourth-order valence-electron chi connectivity index (χ4n) is 2.18. The molecule has 0 bridgehead atoms. The van der Waals surface area contributed by atoms with Gasteiger partial charge in [-0.3, -0.25) is 14.8 Å². The van der Waals surface area contributed by atoms with Gasteiger partial charge in [-0.05, 0) is 0 Å². The van der Waals surface area contributed by atoms with Crippen molar-refractivity contribution < 1.29 is 4.79 Å². The number of carbonyl (C=O) groups is 1. The minimum Gasteiger partial charge on any atom is -0.397 e. The van der Waals surface area contributed by atoms with Gasteiger partial charge in [0.1, 0.15) is 17.5 Å². The normalized spacial score (nSPS) is 10.8. The van der Waals surface area contributed by atoms with E-state index in [2.05, 4.69) is 35.6 Å². The van der Waals surface area contributed by atoms with Crippen molar-refractivity contribution in [2.75, 3.05) is 16.8 Å². The van der Waals surface area contributed by atoms with Gasteiger partial charge in [-0.2, -0.15) is 20.0 Å². The predicted octanol–water partition coefficient (Wildman–Crippen LogP) is -0.551. The number of aromatic nitrogens is 6. The molecule has 0 radical (unpaired) electrons. The van der Waals surface area contributed by atoms with Crippen LogP contribution in [0.15, 0.2) is 32.1 Å². The number of nitrogens with two attached hydrogens (primary N) is 2. The SMILES string of the molecule is CC(=O)Nc1cc(N)c(N=Nc2c(C#N)cnn2-c2nc(=O)[nH]c(=O)[nH]2)c(N)n1. The molecule has 3 aromatic heterocycles. The van der Waals surface area contributed by atoms with Gasteiger partial charge in [0.05, 0.1) is 11.9 Å². The molecule has 0 unspecified atom stereocenters. The highest BCUT2D eigenvalue weighted by Crippen LogP contribution is 2.32. The van der Waals surface area contributed by atoms with Crippen LogP contribution in [0, 0.1) is 11.3 Å². The van der Waals surface area contributed by atoms with Crippen molar-refractivity contribution in [3.05, 3.63) is 38.8 Å². The van der Waals surface area contributed by atoms with E-state index in [-0.39, 0.29) is 46.2 Å². The Balaban J connectivity index is 2.07. The van der Waals surface area contributed by atoms with E-state index in [4.69, 9.17) is 11.5 Å². The van der Waals surface area contributed by atoms with Crippen LogP contribution in [0.25, 0.3) is 5.95 Å². The minimum absolute atomic E-state index is 0.0249. The summed E-state index contributed by atoms with van der Waals surface area (Å²) < 4.78 is 0.935. The molecular formula is C14H12N12O3. The first-order chi connectivity index (χ1) is 13.8. The molecule has 7 N–H and O–H groups in total. The van der Waals surface area contributed by atoms with Gasteiger partial charge in [0.2, 0.25) is 11.9 Å². The van der Waals surface area contributed by atoms with Crippen LogP contribution in [0.5, 0.6) is 0 Å². The van der Waals surface area contributed by atoms with E-state index < -0.39 is 11.4 Å². The van der Waals surface area contributed by atoms with Crippen molar-refractivity contribution in [1.29, 1.82) is 5.26 Å². The molecule has 3 aromatic rings. The van der Waals surface area contributed by atoms with Gasteiger partial charge in [0.25, 0.3) is 0 Å². The van der Waals surface area contributed by atoms with Crippen molar-refractivity contribution in [2.45, 2.75) is 6.92 Å². The van der Waals surface area contributed by atoms with E-state index in [9.17, 15) is 19.6 Å². The third kappa shape index (κ3) is 3.95. The van der Waals surface area contributed by atoms with E-state index in [0.717, 1.165) is 10.9 Å². The number of hydrogen-bond acceptors (Lipinski definition) is 11. The second-order valence-corrected chi connectivity index (χ2v) is 5.44. The summed E-state index contributed by atoms with van der Waals surface area (Å²) in [7, 11) is 0. The van der Waals surface area contributed by atoms with E-state index in [1.54, 1.807) is 0 Å². The Kier molecular flexibility index (Phi) is 4.82. The lowest BCUT2D eigenvalue weighted by Crippen LogP contribution is -2.27. The molecule has 0 spiro atoms. The fraction of sp³-hybridized carbons (Fsp3) is 0.0714. The quantitative estimate of drug-likeness (QED) is 0.355. The molecule has 3 rings (SSSR count). The van der Waals surface area contributed by atoms with E-state index in [1.165, 1.54) is 13.0 Å². The third-order valence-electron chi connectivity index (χ3n) is 3.32. The van der Waals surface area contributed by atoms with Crippen LogP contribution in [0.2, 0.25) is 0 Å². The summed E-state index contributed by atoms with van der Waals surface area (Å²) in [6, 6.07) is 3.17. The first-order valence-electron chi connectivity index (χ1n) is 7.73. The molecule has 0 atom stereocenters. The monoisotopic (exact) mass is 396 g/mol. The topological polar surface area (TPSA) is 239 Å². The maximum absolute atomic E-state index is 11.5. The highest BCUT2D eigenvalue weighted by molar-refractivity contribution is 5.89. The zero-order valence-corrected chi connectivity index (χ0v) is 14.7. The Labute approximate surface area is 160 Å². The van der Waals surface area contributed by atoms with Gasteiger partial charge in [-0.1, -0.05) is 0 Å². The number of nitrogens with one attached hydrogen (secondary N) is 3. The number of aromatic amines is 2. The van der Waals surface area contributed by atoms with Crippen molar-refractivity contribution in [3.8, 4) is 12.0 Å². The third-order valence-corrected chi connectivity index (χ3v) is 3.32. The van der Waals surface area contributed by atoms with Crippen molar-refractivity contribution >= 4 is 34.7 Å². The average molecular weight is 396 g/mol. The van der Waals surface area contributed by atoms with Gasteiger partial charge in [0.15, 0.2) is 17.3 Å². The van der Waals surface area contributed by atoms with Crippen LogP contribution in [-0.4, -0.2) is 35.6 Å². The largest absolute Gasteiger partial charge is 0.397 e. The van der Waals surface area contributed by atoms with Crippen LogP contribution < -0.4 is 28.2 Å². The highest BCUT2D eigenvalue weighted by atomic mass is 16.2. The molecule has 0 fully saturated rings. The number of hydrogen-bond donors (Lipinski definition) is 5. The van der Waals surface area contributed by atoms with Gasteiger partial charge in [-0.15, -0.1) is 10.2 Å². The lowest BCUT2D eigenvalue weighted by atomic mass is 10.3. The molecule has 15 nitrogen and oxygen atoms in total. The molecule has 3 heterocycles. The summed E-state index contributed by atoms with van der Waals surface area (Å²) in [5.74, 6) is -0.808. The number of pyridine rings is 1. The van der Waals surface area contributed by atoms with Gasteiger partial charge in [0, 0.05) is 13.0 Å². The molecule has 15 heteroatoms. The van der Waals surface area contributed by atoms with E-state index in [0.29, 0.717) is 0 Å². The number of azo groups is 1. The van der Waals surface area contributed by atoms with Crippen molar-refractivity contribution in [1.82, 2.24) is 29.7 Å². The number of nitrogens with zero attached hydrogens (tertiary/aromatic N) is 7. The predicted molar refractivity (Wildman–Crippen MR) is 98.9 cm³/mol. The van der Waals surface area contributed by atoms with Crippen molar-refractivity contribution in [2.24, 2.45) is 10.2 Å². The molecular weight excluding hydrogens is 384 g/mol. The first-order valence-corrected chi connectivity index (χ1v) is 7.73. The van der Waals surface area contributed by atoms with Gasteiger partial charge in [-0.25, -0.2) is 14.6 Å². The molecule has 1 amide bonds. The van der Waals surface area contributed by atoms with Crippen LogP contribution in [0.1, 0.15) is 12.5 Å². The maximum atomic E-state index is 11.5. The summed E-state index contributed by atoms with van der Waals surface area (Å²) in [4.78, 5) is 45.7. The second-order valence-electron chi connectivity index (χ2n) is 5.44. The number of nitriles is 1. The number of amides is 1. The molecule has 146 valence electrons. The summed E-state index contributed by atoms with van der Waals surface area (Å²) in [6.07, 6.45) is 1.14. The maximum Gasteiger partial charge on any atom is 0.352 e. The number of anilines is 3. The number of carbonyl (C=O) groups excluding carboxylic acids is 1. The zero-order chi connectivity index (χ0) is 21.1. The second kappa shape index (κ2) is 7.40. The molecule has 29 heavy (non-hydrogen) atoms. The summed E-state index contributed by atoms with van der Waals surface area (Å²) in [6.45, 7) is 1.29. The Morgan fingerprint density at radius 3 is 2.66 bits per heavy atom. The first kappa shape index (κ1) is 18.9. The summed E-state index contributed by atoms with van der Waals surface area (Å²) in [5.41, 5.74) is 9.93. The molecule has 0 aromatic carbocycles. The molecule has 0 saturated heterocycles. The smallest absolute Gasteiger partial charge is 0.352 e.